The van der Waals surface area contributed by atoms with Gasteiger partial charge in [0.2, 0.25) is 0 Å². The number of hydrogen-bond acceptors (Lipinski definition) is 2. The summed E-state index contributed by atoms with van der Waals surface area (Å²) < 4.78 is 0. The molecule has 2 heteroatoms. The van der Waals surface area contributed by atoms with Gasteiger partial charge in [0.15, 0.2) is 0 Å². The molecular weight excluding hydrogens is 188 g/mol. The van der Waals surface area contributed by atoms with Crippen LogP contribution in [-0.4, -0.2) is 22.4 Å². The van der Waals surface area contributed by atoms with E-state index in [1.54, 1.807) is 0 Å². The van der Waals surface area contributed by atoms with E-state index in [1.807, 2.05) is 0 Å². The van der Waals surface area contributed by atoms with Gasteiger partial charge in [-0.05, 0) is 37.5 Å². The van der Waals surface area contributed by atoms with Crippen LogP contribution in [0.3, 0.4) is 0 Å². The maximum atomic E-state index is 9.85. The van der Waals surface area contributed by atoms with E-state index in [0.29, 0.717) is 11.8 Å². The molecule has 0 aromatic heterocycles. The average molecular weight is 214 g/mol. The highest BCUT2D eigenvalue weighted by Crippen LogP contribution is 2.31. The zero-order valence-electron chi connectivity index (χ0n) is 10.2. The fourth-order valence-corrected chi connectivity index (χ4v) is 2.68. The van der Waals surface area contributed by atoms with Gasteiger partial charge in [0, 0.05) is 0 Å². The summed E-state index contributed by atoms with van der Waals surface area (Å²) in [6, 6.07) is 0. The van der Waals surface area contributed by atoms with Crippen LogP contribution in [-0.2, 0) is 0 Å². The molecule has 2 N–H and O–H groups in total. The molecule has 90 valence electrons. The second-order valence-electron chi connectivity index (χ2n) is 5.18. The third-order valence-corrected chi connectivity index (χ3v) is 3.78. The quantitative estimate of drug-likeness (QED) is 0.738. The lowest BCUT2D eigenvalue weighted by Gasteiger charge is -2.31. The van der Waals surface area contributed by atoms with Crippen LogP contribution in [0.5, 0.6) is 0 Å². The second kappa shape index (κ2) is 6.49. The highest BCUT2D eigenvalue weighted by atomic mass is 16.3. The van der Waals surface area contributed by atoms with Crippen LogP contribution >= 0.6 is 0 Å². The van der Waals surface area contributed by atoms with Crippen molar-refractivity contribution in [3.05, 3.63) is 0 Å². The van der Waals surface area contributed by atoms with Gasteiger partial charge in [0.1, 0.15) is 0 Å². The minimum Gasteiger partial charge on any atom is -0.393 e. The van der Waals surface area contributed by atoms with Crippen molar-refractivity contribution < 1.29 is 10.2 Å². The average Bonchev–Trinajstić information content (AvgIpc) is 2.21. The molecule has 0 amide bonds. The van der Waals surface area contributed by atoms with Crippen LogP contribution in [0.1, 0.15) is 58.8 Å². The largest absolute Gasteiger partial charge is 0.393 e. The van der Waals surface area contributed by atoms with Crippen molar-refractivity contribution in [3.63, 3.8) is 0 Å². The third kappa shape index (κ3) is 4.12. The Labute approximate surface area is 93.7 Å². The summed E-state index contributed by atoms with van der Waals surface area (Å²) in [6.45, 7) is 4.22. The van der Waals surface area contributed by atoms with Crippen molar-refractivity contribution in [1.29, 1.82) is 0 Å². The molecule has 0 bridgehead atoms. The van der Waals surface area contributed by atoms with Gasteiger partial charge in [0.25, 0.3) is 0 Å². The lowest BCUT2D eigenvalue weighted by Crippen LogP contribution is -2.29. The zero-order chi connectivity index (χ0) is 11.3. The van der Waals surface area contributed by atoms with E-state index in [0.717, 1.165) is 32.1 Å². The van der Waals surface area contributed by atoms with Crippen LogP contribution in [0.4, 0.5) is 0 Å². The van der Waals surface area contributed by atoms with Crippen molar-refractivity contribution in [2.24, 2.45) is 11.8 Å². The minimum absolute atomic E-state index is 0.116. The molecule has 1 fully saturated rings. The fraction of sp³-hybridized carbons (Fsp3) is 1.00. The number of rotatable bonds is 5. The first-order chi connectivity index (χ1) is 7.15. The monoisotopic (exact) mass is 214 g/mol. The third-order valence-electron chi connectivity index (χ3n) is 3.78. The van der Waals surface area contributed by atoms with Crippen molar-refractivity contribution >= 4 is 0 Å². The van der Waals surface area contributed by atoms with E-state index in [1.165, 1.54) is 12.8 Å². The molecule has 15 heavy (non-hydrogen) atoms. The van der Waals surface area contributed by atoms with Gasteiger partial charge in [-0.1, -0.05) is 33.1 Å². The van der Waals surface area contributed by atoms with Crippen molar-refractivity contribution in [2.45, 2.75) is 71.0 Å². The Bertz CT molecular complexity index is 170. The molecule has 1 aliphatic carbocycles. The Hall–Kier alpha value is -0.0800. The maximum Gasteiger partial charge on any atom is 0.0568 e. The molecule has 1 saturated carbocycles. The van der Waals surface area contributed by atoms with Crippen molar-refractivity contribution in [1.82, 2.24) is 0 Å². The van der Waals surface area contributed by atoms with Gasteiger partial charge in [-0.2, -0.15) is 0 Å². The SMILES string of the molecule is CCCC(O)C(C)CC1CCCCC1O. The summed E-state index contributed by atoms with van der Waals surface area (Å²) in [7, 11) is 0. The van der Waals surface area contributed by atoms with Crippen LogP contribution in [0.25, 0.3) is 0 Å². The molecular formula is C13H26O2. The molecule has 2 nitrogen and oxygen atoms in total. The number of aliphatic hydroxyl groups is 2. The summed E-state index contributed by atoms with van der Waals surface area (Å²) >= 11 is 0. The van der Waals surface area contributed by atoms with Gasteiger partial charge in [-0.25, -0.2) is 0 Å². The molecule has 0 heterocycles. The molecule has 4 unspecified atom stereocenters. The van der Waals surface area contributed by atoms with Gasteiger partial charge in [-0.15, -0.1) is 0 Å². The van der Waals surface area contributed by atoms with E-state index >= 15 is 0 Å². The number of aliphatic hydroxyl groups excluding tert-OH is 2. The summed E-state index contributed by atoms with van der Waals surface area (Å²) in [5, 5.41) is 19.7. The van der Waals surface area contributed by atoms with Gasteiger partial charge in [0.05, 0.1) is 12.2 Å². The summed E-state index contributed by atoms with van der Waals surface area (Å²) in [6.07, 6.45) is 7.15. The Morgan fingerprint density at radius 3 is 2.53 bits per heavy atom. The Balaban J connectivity index is 2.32. The highest BCUT2D eigenvalue weighted by molar-refractivity contribution is 4.78. The van der Waals surface area contributed by atoms with Crippen LogP contribution in [0.15, 0.2) is 0 Å². The predicted octanol–water partition coefficient (Wildman–Crippen LogP) is 2.72. The Kier molecular flexibility index (Phi) is 5.62. The molecule has 1 rings (SSSR count). The first-order valence-corrected chi connectivity index (χ1v) is 6.51. The summed E-state index contributed by atoms with van der Waals surface area (Å²) in [5.74, 6) is 0.767. The molecule has 1 aliphatic rings. The first-order valence-electron chi connectivity index (χ1n) is 6.51. The maximum absolute atomic E-state index is 9.85. The first kappa shape index (κ1) is 13.0. The van der Waals surface area contributed by atoms with Crippen molar-refractivity contribution in [3.8, 4) is 0 Å². The van der Waals surface area contributed by atoms with Gasteiger partial charge >= 0.3 is 0 Å². The van der Waals surface area contributed by atoms with Gasteiger partial charge < -0.3 is 10.2 Å². The van der Waals surface area contributed by atoms with Gasteiger partial charge in [-0.3, -0.25) is 0 Å². The van der Waals surface area contributed by atoms with Crippen molar-refractivity contribution in [2.75, 3.05) is 0 Å². The van der Waals surface area contributed by atoms with E-state index < -0.39 is 0 Å². The predicted molar refractivity (Wildman–Crippen MR) is 62.7 cm³/mol. The second-order valence-corrected chi connectivity index (χ2v) is 5.18. The minimum atomic E-state index is -0.177. The standard InChI is InChI=1S/C13H26O2/c1-3-6-12(14)10(2)9-11-7-4-5-8-13(11)15/h10-15H,3-9H2,1-2H3. The lowest BCUT2D eigenvalue weighted by molar-refractivity contribution is 0.0314. The van der Waals surface area contributed by atoms with E-state index in [2.05, 4.69) is 13.8 Å². The lowest BCUT2D eigenvalue weighted by atomic mass is 9.79. The highest BCUT2D eigenvalue weighted by Gasteiger charge is 2.26. The molecule has 0 radical (unpaired) electrons. The van der Waals surface area contributed by atoms with Crippen LogP contribution in [0.2, 0.25) is 0 Å². The molecule has 0 aromatic rings. The molecule has 0 aromatic carbocycles. The summed E-state index contributed by atoms with van der Waals surface area (Å²) in [4.78, 5) is 0. The topological polar surface area (TPSA) is 40.5 Å². The molecule has 0 aliphatic heterocycles. The van der Waals surface area contributed by atoms with Crippen LogP contribution < -0.4 is 0 Å². The molecule has 0 spiro atoms. The molecule has 4 atom stereocenters. The smallest absolute Gasteiger partial charge is 0.0568 e. The van der Waals surface area contributed by atoms with Crippen LogP contribution in [0, 0.1) is 11.8 Å². The Morgan fingerprint density at radius 2 is 1.93 bits per heavy atom. The zero-order valence-corrected chi connectivity index (χ0v) is 10.2. The van der Waals surface area contributed by atoms with E-state index in [9.17, 15) is 10.2 Å². The van der Waals surface area contributed by atoms with E-state index in [4.69, 9.17) is 0 Å². The van der Waals surface area contributed by atoms with E-state index in [-0.39, 0.29) is 12.2 Å². The summed E-state index contributed by atoms with van der Waals surface area (Å²) in [5.41, 5.74) is 0. The molecule has 0 saturated heterocycles. The number of hydrogen-bond donors (Lipinski definition) is 2. The normalized spacial score (nSPS) is 31.2. The Morgan fingerprint density at radius 1 is 1.27 bits per heavy atom. The fourth-order valence-electron chi connectivity index (χ4n) is 2.68.